The van der Waals surface area contributed by atoms with Crippen LogP contribution in [0.3, 0.4) is 0 Å². The number of hydrogen-bond acceptors (Lipinski definition) is 6. The predicted molar refractivity (Wildman–Crippen MR) is 120 cm³/mol. The van der Waals surface area contributed by atoms with Crippen molar-refractivity contribution in [3.8, 4) is 5.88 Å². The van der Waals surface area contributed by atoms with Crippen molar-refractivity contribution in [1.29, 1.82) is 0 Å². The lowest BCUT2D eigenvalue weighted by atomic mass is 10.0. The molecule has 0 aliphatic carbocycles. The summed E-state index contributed by atoms with van der Waals surface area (Å²) in [7, 11) is 0. The molecule has 6 nitrogen and oxygen atoms in total. The lowest BCUT2D eigenvalue weighted by Crippen LogP contribution is -2.48. The van der Waals surface area contributed by atoms with Crippen molar-refractivity contribution in [3.63, 3.8) is 0 Å². The van der Waals surface area contributed by atoms with Gasteiger partial charge in [-0.3, -0.25) is 4.90 Å². The standard InChI is InChI=1S/C23H24FN5OS/c1-2-19-25-23-29(26-19)22(30)21(31-23)20(17-10-6-7-11-18(17)24)28-14-12-27(13-15-28)16-8-4-3-5-9-16/h3-11,20,30H,2,12-15H2,1H3/t20-/m1/s1. The molecule has 0 spiro atoms. The van der Waals surface area contributed by atoms with Crippen molar-refractivity contribution in [2.24, 2.45) is 0 Å². The number of para-hydroxylation sites is 1. The van der Waals surface area contributed by atoms with Crippen LogP contribution in [0.15, 0.2) is 54.6 Å². The molecule has 3 heterocycles. The molecule has 0 saturated carbocycles. The maximum absolute atomic E-state index is 14.9. The van der Waals surface area contributed by atoms with Gasteiger partial charge in [-0.15, -0.1) is 5.10 Å². The summed E-state index contributed by atoms with van der Waals surface area (Å²) in [5, 5.41) is 15.4. The minimum atomic E-state index is -0.391. The van der Waals surface area contributed by atoms with Crippen LogP contribution in [-0.2, 0) is 6.42 Å². The summed E-state index contributed by atoms with van der Waals surface area (Å²) in [6, 6.07) is 16.8. The van der Waals surface area contributed by atoms with Crippen LogP contribution in [-0.4, -0.2) is 50.8 Å². The smallest absolute Gasteiger partial charge is 0.230 e. The van der Waals surface area contributed by atoms with E-state index >= 15 is 0 Å². The Hall–Kier alpha value is -2.97. The molecule has 1 atom stereocenters. The SMILES string of the molecule is CCc1nc2sc([C@@H](c3ccccc3F)N3CCN(c4ccccc4)CC3)c(O)n2n1. The van der Waals surface area contributed by atoms with Gasteiger partial charge in [0.15, 0.2) is 5.82 Å². The second kappa shape index (κ2) is 8.28. The van der Waals surface area contributed by atoms with E-state index in [0.29, 0.717) is 27.6 Å². The van der Waals surface area contributed by atoms with Gasteiger partial charge in [0.2, 0.25) is 10.8 Å². The molecule has 31 heavy (non-hydrogen) atoms. The lowest BCUT2D eigenvalue weighted by Gasteiger charge is -2.40. The highest BCUT2D eigenvalue weighted by Crippen LogP contribution is 2.41. The molecule has 1 aliphatic heterocycles. The number of halogens is 1. The molecular weight excluding hydrogens is 413 g/mol. The summed E-state index contributed by atoms with van der Waals surface area (Å²) in [6.07, 6.45) is 0.696. The molecule has 8 heteroatoms. The third kappa shape index (κ3) is 3.66. The normalized spacial score (nSPS) is 16.1. The molecule has 2 aromatic heterocycles. The first kappa shape index (κ1) is 20.0. The molecule has 1 aliphatic rings. The average molecular weight is 438 g/mol. The van der Waals surface area contributed by atoms with Gasteiger partial charge in [0.25, 0.3) is 0 Å². The summed E-state index contributed by atoms with van der Waals surface area (Å²) in [6.45, 7) is 5.14. The maximum atomic E-state index is 14.9. The van der Waals surface area contributed by atoms with Crippen LogP contribution in [0, 0.1) is 5.82 Å². The van der Waals surface area contributed by atoms with Gasteiger partial charge in [0, 0.05) is 43.9 Å². The topological polar surface area (TPSA) is 56.9 Å². The second-order valence-corrected chi connectivity index (χ2v) is 8.66. The Morgan fingerprint density at radius 1 is 1.03 bits per heavy atom. The van der Waals surface area contributed by atoms with Crippen LogP contribution in [0.1, 0.15) is 29.2 Å². The van der Waals surface area contributed by atoms with Crippen LogP contribution in [0.25, 0.3) is 4.96 Å². The third-order valence-electron chi connectivity index (χ3n) is 5.81. The number of fused-ring (bicyclic) bond motifs is 1. The zero-order valence-electron chi connectivity index (χ0n) is 17.3. The largest absolute Gasteiger partial charge is 0.492 e. The van der Waals surface area contributed by atoms with Crippen LogP contribution < -0.4 is 4.90 Å². The minimum Gasteiger partial charge on any atom is -0.492 e. The van der Waals surface area contributed by atoms with Crippen molar-refractivity contribution in [2.45, 2.75) is 19.4 Å². The van der Waals surface area contributed by atoms with E-state index in [2.05, 4.69) is 32.0 Å². The number of aryl methyl sites for hydroxylation is 1. The molecule has 0 unspecified atom stereocenters. The number of aromatic hydroxyl groups is 1. The van der Waals surface area contributed by atoms with Gasteiger partial charge in [-0.05, 0) is 18.2 Å². The number of thiazole rings is 1. The van der Waals surface area contributed by atoms with Gasteiger partial charge in [-0.2, -0.15) is 4.52 Å². The van der Waals surface area contributed by atoms with Gasteiger partial charge in [0.1, 0.15) is 5.82 Å². The van der Waals surface area contributed by atoms with E-state index < -0.39 is 6.04 Å². The zero-order valence-corrected chi connectivity index (χ0v) is 18.1. The fourth-order valence-corrected chi connectivity index (χ4v) is 5.32. The number of anilines is 1. The second-order valence-electron chi connectivity index (χ2n) is 7.65. The third-order valence-corrected chi connectivity index (χ3v) is 6.88. The number of nitrogens with zero attached hydrogens (tertiary/aromatic N) is 5. The van der Waals surface area contributed by atoms with E-state index in [0.717, 1.165) is 26.2 Å². The fourth-order valence-electron chi connectivity index (χ4n) is 4.20. The van der Waals surface area contributed by atoms with Crippen LogP contribution in [0.2, 0.25) is 0 Å². The van der Waals surface area contributed by atoms with E-state index in [4.69, 9.17) is 0 Å². The van der Waals surface area contributed by atoms with E-state index in [9.17, 15) is 9.50 Å². The van der Waals surface area contributed by atoms with Gasteiger partial charge in [-0.1, -0.05) is 54.7 Å². The highest BCUT2D eigenvalue weighted by atomic mass is 32.1. The first-order valence-corrected chi connectivity index (χ1v) is 11.3. The van der Waals surface area contributed by atoms with Crippen LogP contribution >= 0.6 is 11.3 Å². The van der Waals surface area contributed by atoms with E-state index in [1.165, 1.54) is 27.6 Å². The lowest BCUT2D eigenvalue weighted by molar-refractivity contribution is 0.208. The molecule has 0 radical (unpaired) electrons. The molecule has 160 valence electrons. The Kier molecular flexibility index (Phi) is 5.33. The summed E-state index contributed by atoms with van der Waals surface area (Å²) in [5.74, 6) is 0.462. The van der Waals surface area contributed by atoms with Gasteiger partial charge in [0.05, 0.1) is 10.9 Å². The van der Waals surface area contributed by atoms with Gasteiger partial charge < -0.3 is 10.0 Å². The Morgan fingerprint density at radius 2 is 1.74 bits per heavy atom. The van der Waals surface area contributed by atoms with Crippen molar-refractivity contribution < 1.29 is 9.50 Å². The van der Waals surface area contributed by atoms with Crippen LogP contribution in [0.5, 0.6) is 5.88 Å². The highest BCUT2D eigenvalue weighted by Gasteiger charge is 2.33. The predicted octanol–water partition coefficient (Wildman–Crippen LogP) is 4.11. The van der Waals surface area contributed by atoms with Crippen LogP contribution in [0.4, 0.5) is 10.1 Å². The number of rotatable bonds is 5. The molecule has 2 aromatic carbocycles. The zero-order chi connectivity index (χ0) is 21.4. The summed E-state index contributed by atoms with van der Waals surface area (Å²) >= 11 is 1.38. The number of aromatic nitrogens is 3. The quantitative estimate of drug-likeness (QED) is 0.509. The Morgan fingerprint density at radius 3 is 2.42 bits per heavy atom. The molecule has 1 N–H and O–H groups in total. The maximum Gasteiger partial charge on any atom is 0.230 e. The molecule has 1 saturated heterocycles. The molecular formula is C23H24FN5OS. The van der Waals surface area contributed by atoms with E-state index in [1.54, 1.807) is 12.1 Å². The number of benzene rings is 2. The Bertz CT molecular complexity index is 1180. The molecule has 0 bridgehead atoms. The summed E-state index contributed by atoms with van der Waals surface area (Å²) < 4.78 is 16.4. The molecule has 4 aromatic rings. The summed E-state index contributed by atoms with van der Waals surface area (Å²) in [4.78, 5) is 10.4. The van der Waals surface area contributed by atoms with E-state index in [-0.39, 0.29) is 11.7 Å². The van der Waals surface area contributed by atoms with Crippen molar-refractivity contribution in [2.75, 3.05) is 31.1 Å². The number of hydrogen-bond donors (Lipinski definition) is 1. The number of piperazine rings is 1. The first-order chi connectivity index (χ1) is 15.2. The highest BCUT2D eigenvalue weighted by molar-refractivity contribution is 7.17. The van der Waals surface area contributed by atoms with Crippen molar-refractivity contribution in [1.82, 2.24) is 19.5 Å². The fraction of sp³-hybridized carbons (Fsp3) is 0.304. The van der Waals surface area contributed by atoms with Crippen molar-refractivity contribution in [3.05, 3.63) is 76.7 Å². The summed E-state index contributed by atoms with van der Waals surface area (Å²) in [5.41, 5.74) is 1.75. The minimum absolute atomic E-state index is 0.0472. The average Bonchev–Trinajstić information content (AvgIpc) is 3.35. The molecule has 1 fully saturated rings. The first-order valence-electron chi connectivity index (χ1n) is 10.5. The molecule has 0 amide bonds. The monoisotopic (exact) mass is 437 g/mol. The van der Waals surface area contributed by atoms with Gasteiger partial charge >= 0.3 is 0 Å². The van der Waals surface area contributed by atoms with Gasteiger partial charge in [-0.25, -0.2) is 9.37 Å². The Labute approximate surface area is 184 Å². The van der Waals surface area contributed by atoms with Crippen molar-refractivity contribution >= 4 is 22.0 Å². The Balaban J connectivity index is 1.50. The molecule has 5 rings (SSSR count). The van der Waals surface area contributed by atoms with E-state index in [1.807, 2.05) is 31.2 Å².